The van der Waals surface area contributed by atoms with E-state index >= 15 is 0 Å². The van der Waals surface area contributed by atoms with Gasteiger partial charge in [0.25, 0.3) is 0 Å². The minimum atomic E-state index is 0.372. The molecule has 0 radical (unpaired) electrons. The van der Waals surface area contributed by atoms with E-state index in [4.69, 9.17) is 9.47 Å². The van der Waals surface area contributed by atoms with E-state index in [1.54, 1.807) is 14.2 Å². The molecular formula is C13H17Br2NO2. The van der Waals surface area contributed by atoms with E-state index in [1.165, 1.54) is 12.8 Å². The van der Waals surface area contributed by atoms with Crippen LogP contribution in [-0.4, -0.2) is 26.9 Å². The van der Waals surface area contributed by atoms with Gasteiger partial charge in [-0.1, -0.05) is 0 Å². The molecule has 0 aliphatic heterocycles. The number of anilines is 1. The first kappa shape index (κ1) is 14.2. The van der Waals surface area contributed by atoms with E-state index in [9.17, 15) is 0 Å². The first-order valence-electron chi connectivity index (χ1n) is 5.94. The van der Waals surface area contributed by atoms with Crippen molar-refractivity contribution < 1.29 is 9.47 Å². The number of nitrogens with one attached hydrogen (secondary N) is 1. The highest BCUT2D eigenvalue weighted by Gasteiger charge is 2.31. The average molecular weight is 379 g/mol. The molecule has 0 saturated heterocycles. The summed E-state index contributed by atoms with van der Waals surface area (Å²) in [7, 11) is 3.42. The van der Waals surface area contributed by atoms with Gasteiger partial charge in [-0.15, -0.1) is 0 Å². The molecule has 0 bridgehead atoms. The summed E-state index contributed by atoms with van der Waals surface area (Å²) in [6, 6.07) is 4.37. The molecule has 1 saturated carbocycles. The van der Waals surface area contributed by atoms with Gasteiger partial charge in [0.05, 0.1) is 29.9 Å². The number of halogens is 2. The summed E-state index contributed by atoms with van der Waals surface area (Å²) < 4.78 is 12.6. The Hall–Kier alpha value is -0.260. The summed E-state index contributed by atoms with van der Waals surface area (Å²) in [4.78, 5) is 0. The zero-order chi connectivity index (χ0) is 13.1. The lowest BCUT2D eigenvalue weighted by molar-refractivity contribution is 0.179. The van der Waals surface area contributed by atoms with Crippen LogP contribution in [-0.2, 0) is 4.74 Å². The smallest absolute Gasteiger partial charge is 0.135 e. The Kier molecular flexibility index (Phi) is 4.92. The van der Waals surface area contributed by atoms with Crippen LogP contribution >= 0.6 is 31.9 Å². The van der Waals surface area contributed by atoms with Crippen molar-refractivity contribution in [3.63, 3.8) is 0 Å². The summed E-state index contributed by atoms with van der Waals surface area (Å²) in [6.45, 7) is 0.732. The predicted octanol–water partition coefficient (Wildman–Crippen LogP) is 4.06. The average Bonchev–Trinajstić information content (AvgIpc) is 3.15. The fourth-order valence-electron chi connectivity index (χ4n) is 1.97. The van der Waals surface area contributed by atoms with Gasteiger partial charge in [-0.25, -0.2) is 0 Å². The first-order chi connectivity index (χ1) is 8.65. The Balaban J connectivity index is 2.16. The lowest BCUT2D eigenvalue weighted by atomic mass is 10.2. The highest BCUT2D eigenvalue weighted by molar-refractivity contribution is 9.11. The van der Waals surface area contributed by atoms with E-state index < -0.39 is 0 Å². The molecule has 2 rings (SSSR count). The molecule has 1 aromatic rings. The molecule has 0 aromatic heterocycles. The largest absolute Gasteiger partial charge is 0.495 e. The van der Waals surface area contributed by atoms with E-state index in [1.807, 2.05) is 12.1 Å². The van der Waals surface area contributed by atoms with Gasteiger partial charge < -0.3 is 14.8 Å². The number of ether oxygens (including phenoxy) is 2. The minimum absolute atomic E-state index is 0.372. The van der Waals surface area contributed by atoms with Crippen LogP contribution in [0.4, 0.5) is 5.69 Å². The monoisotopic (exact) mass is 377 g/mol. The van der Waals surface area contributed by atoms with E-state index in [0.717, 1.165) is 32.9 Å². The van der Waals surface area contributed by atoms with Crippen molar-refractivity contribution >= 4 is 37.5 Å². The normalized spacial score (nSPS) is 16.4. The topological polar surface area (TPSA) is 30.5 Å². The van der Waals surface area contributed by atoms with Crippen LogP contribution < -0.4 is 10.1 Å². The molecule has 0 spiro atoms. The van der Waals surface area contributed by atoms with Gasteiger partial charge in [-0.05, 0) is 56.7 Å². The second kappa shape index (κ2) is 6.26. The predicted molar refractivity (Wildman–Crippen MR) is 80.4 cm³/mol. The van der Waals surface area contributed by atoms with Crippen molar-refractivity contribution in [2.45, 2.75) is 18.9 Å². The number of hydrogen-bond donors (Lipinski definition) is 1. The van der Waals surface area contributed by atoms with Crippen LogP contribution in [0.25, 0.3) is 0 Å². The maximum atomic E-state index is 5.32. The van der Waals surface area contributed by atoms with E-state index in [0.29, 0.717) is 6.04 Å². The maximum Gasteiger partial charge on any atom is 0.135 e. The van der Waals surface area contributed by atoms with E-state index in [2.05, 4.69) is 37.2 Å². The van der Waals surface area contributed by atoms with Crippen molar-refractivity contribution in [1.82, 2.24) is 0 Å². The lowest BCUT2D eigenvalue weighted by Gasteiger charge is -2.20. The molecular weight excluding hydrogens is 362 g/mol. The molecule has 0 amide bonds. The van der Waals surface area contributed by atoms with Gasteiger partial charge in [-0.3, -0.25) is 0 Å². The van der Waals surface area contributed by atoms with Gasteiger partial charge in [0.2, 0.25) is 0 Å². The SMILES string of the molecule is COCC(Nc1cc(OC)c(Br)cc1Br)C1CC1. The quantitative estimate of drug-likeness (QED) is 0.809. The summed E-state index contributed by atoms with van der Waals surface area (Å²) in [6.07, 6.45) is 2.57. The number of methoxy groups -OCH3 is 2. The Morgan fingerprint density at radius 3 is 2.56 bits per heavy atom. The minimum Gasteiger partial charge on any atom is -0.495 e. The zero-order valence-corrected chi connectivity index (χ0v) is 13.7. The van der Waals surface area contributed by atoms with Crippen molar-refractivity contribution in [2.75, 3.05) is 26.1 Å². The highest BCUT2D eigenvalue weighted by atomic mass is 79.9. The third kappa shape index (κ3) is 3.39. The molecule has 1 fully saturated rings. The van der Waals surface area contributed by atoms with Crippen molar-refractivity contribution in [1.29, 1.82) is 0 Å². The molecule has 1 aromatic carbocycles. The maximum absolute atomic E-state index is 5.32. The molecule has 1 unspecified atom stereocenters. The summed E-state index contributed by atoms with van der Waals surface area (Å²) in [5.74, 6) is 1.55. The van der Waals surface area contributed by atoms with Crippen LogP contribution in [0, 0.1) is 5.92 Å². The van der Waals surface area contributed by atoms with Gasteiger partial charge >= 0.3 is 0 Å². The zero-order valence-electron chi connectivity index (χ0n) is 10.5. The van der Waals surface area contributed by atoms with Crippen LogP contribution in [0.3, 0.4) is 0 Å². The van der Waals surface area contributed by atoms with Crippen molar-refractivity contribution in [3.05, 3.63) is 21.1 Å². The third-order valence-electron chi connectivity index (χ3n) is 3.12. The Morgan fingerprint density at radius 1 is 1.28 bits per heavy atom. The van der Waals surface area contributed by atoms with Gasteiger partial charge in [0.1, 0.15) is 5.75 Å². The van der Waals surface area contributed by atoms with Crippen LogP contribution in [0.1, 0.15) is 12.8 Å². The van der Waals surface area contributed by atoms with Crippen molar-refractivity contribution in [3.8, 4) is 5.75 Å². The van der Waals surface area contributed by atoms with Gasteiger partial charge in [0, 0.05) is 17.6 Å². The van der Waals surface area contributed by atoms with Crippen molar-refractivity contribution in [2.24, 2.45) is 5.92 Å². The Bertz CT molecular complexity index is 422. The summed E-state index contributed by atoms with van der Waals surface area (Å²) in [5.41, 5.74) is 1.05. The lowest BCUT2D eigenvalue weighted by Crippen LogP contribution is -2.27. The molecule has 3 nitrogen and oxygen atoms in total. The van der Waals surface area contributed by atoms with Crippen LogP contribution in [0.2, 0.25) is 0 Å². The summed E-state index contributed by atoms with van der Waals surface area (Å²) in [5, 5.41) is 3.54. The van der Waals surface area contributed by atoms with Crippen LogP contribution in [0.15, 0.2) is 21.1 Å². The van der Waals surface area contributed by atoms with Crippen LogP contribution in [0.5, 0.6) is 5.75 Å². The second-order valence-corrected chi connectivity index (χ2v) is 6.22. The van der Waals surface area contributed by atoms with E-state index in [-0.39, 0.29) is 0 Å². The third-order valence-corrected chi connectivity index (χ3v) is 4.40. The highest BCUT2D eigenvalue weighted by Crippen LogP contribution is 2.38. The molecule has 100 valence electrons. The molecule has 5 heteroatoms. The molecule has 18 heavy (non-hydrogen) atoms. The molecule has 1 aliphatic rings. The van der Waals surface area contributed by atoms with Gasteiger partial charge in [0.15, 0.2) is 0 Å². The molecule has 1 N–H and O–H groups in total. The number of benzene rings is 1. The Labute approximate surface area is 124 Å². The second-order valence-electron chi connectivity index (χ2n) is 4.51. The number of rotatable bonds is 6. The molecule has 0 heterocycles. The standard InChI is InChI=1S/C13H17Br2NO2/c1-17-7-12(8-3-4-8)16-11-6-13(18-2)10(15)5-9(11)14/h5-6,8,12,16H,3-4,7H2,1-2H3. The number of hydrogen-bond acceptors (Lipinski definition) is 3. The Morgan fingerprint density at radius 2 is 2.00 bits per heavy atom. The molecule has 1 atom stereocenters. The fraction of sp³-hybridized carbons (Fsp3) is 0.538. The molecule has 1 aliphatic carbocycles. The first-order valence-corrected chi connectivity index (χ1v) is 7.52. The fourth-order valence-corrected chi connectivity index (χ4v) is 3.24. The van der Waals surface area contributed by atoms with Gasteiger partial charge in [-0.2, -0.15) is 0 Å². The summed E-state index contributed by atoms with van der Waals surface area (Å²) >= 11 is 7.04.